The minimum atomic E-state index is -0.298. The van der Waals surface area contributed by atoms with Gasteiger partial charge in [-0.05, 0) is 29.2 Å². The largest absolute Gasteiger partial charge is 0.382 e. The fourth-order valence-corrected chi connectivity index (χ4v) is 2.30. The van der Waals surface area contributed by atoms with Crippen molar-refractivity contribution in [2.24, 2.45) is 0 Å². The summed E-state index contributed by atoms with van der Waals surface area (Å²) in [6, 6.07) is 6.23. The molecule has 19 heavy (non-hydrogen) atoms. The quantitative estimate of drug-likeness (QED) is 0.798. The lowest BCUT2D eigenvalue weighted by molar-refractivity contribution is 0.0965. The number of nitrogens with one attached hydrogen (secondary N) is 2. The van der Waals surface area contributed by atoms with Gasteiger partial charge < -0.3 is 16.4 Å². The number of aromatic nitrogens is 1. The van der Waals surface area contributed by atoms with Gasteiger partial charge in [-0.25, -0.2) is 4.39 Å². The van der Waals surface area contributed by atoms with Crippen LogP contribution in [-0.2, 0) is 6.54 Å². The van der Waals surface area contributed by atoms with Crippen LogP contribution < -0.4 is 16.4 Å². The van der Waals surface area contributed by atoms with Crippen molar-refractivity contribution in [2.45, 2.75) is 6.54 Å². The van der Waals surface area contributed by atoms with Crippen molar-refractivity contribution < 1.29 is 9.18 Å². The number of amides is 1. The highest BCUT2D eigenvalue weighted by atomic mass is 32.1. The van der Waals surface area contributed by atoms with Crippen molar-refractivity contribution in [3.05, 3.63) is 41.2 Å². The third-order valence-electron chi connectivity index (χ3n) is 2.51. The van der Waals surface area contributed by atoms with E-state index in [2.05, 4.69) is 15.0 Å². The average Bonchev–Trinajstić information content (AvgIpc) is 2.77. The summed E-state index contributed by atoms with van der Waals surface area (Å²) in [6.45, 7) is 0.392. The zero-order valence-corrected chi connectivity index (χ0v) is 11.1. The van der Waals surface area contributed by atoms with Crippen molar-refractivity contribution in [3.8, 4) is 0 Å². The molecule has 0 aliphatic heterocycles. The maximum absolute atomic E-state index is 13.0. The summed E-state index contributed by atoms with van der Waals surface area (Å²) in [7, 11) is 1.52. The first-order valence-corrected chi connectivity index (χ1v) is 6.34. The smallest absolute Gasteiger partial charge is 0.257 e. The number of rotatable bonds is 4. The van der Waals surface area contributed by atoms with Crippen LogP contribution in [0.25, 0.3) is 0 Å². The van der Waals surface area contributed by atoms with Crippen LogP contribution in [0.4, 0.5) is 15.2 Å². The molecule has 4 N–H and O–H groups in total. The third-order valence-corrected chi connectivity index (χ3v) is 3.33. The molecule has 0 aliphatic carbocycles. The molecule has 2 aromatic rings. The fraction of sp³-hybridized carbons (Fsp3) is 0.167. The van der Waals surface area contributed by atoms with Crippen molar-refractivity contribution in [3.63, 3.8) is 0 Å². The molecule has 0 unspecified atom stereocenters. The molecular formula is C12H13FN4OS. The minimum Gasteiger partial charge on any atom is -0.382 e. The summed E-state index contributed by atoms with van der Waals surface area (Å²) in [6.07, 6.45) is 0. The van der Waals surface area contributed by atoms with Gasteiger partial charge in [0.05, 0.1) is 0 Å². The van der Waals surface area contributed by atoms with Gasteiger partial charge in [0.1, 0.15) is 16.4 Å². The van der Waals surface area contributed by atoms with E-state index in [1.54, 1.807) is 12.1 Å². The van der Waals surface area contributed by atoms with Crippen LogP contribution in [0.3, 0.4) is 0 Å². The van der Waals surface area contributed by atoms with E-state index in [-0.39, 0.29) is 17.5 Å². The molecule has 0 saturated heterocycles. The van der Waals surface area contributed by atoms with Gasteiger partial charge in [-0.1, -0.05) is 12.1 Å². The number of benzene rings is 1. The zero-order valence-electron chi connectivity index (χ0n) is 10.2. The molecule has 0 bridgehead atoms. The molecule has 1 amide bonds. The lowest BCUT2D eigenvalue weighted by Gasteiger charge is -2.06. The van der Waals surface area contributed by atoms with E-state index in [0.29, 0.717) is 17.1 Å². The highest BCUT2D eigenvalue weighted by Crippen LogP contribution is 2.27. The van der Waals surface area contributed by atoms with Crippen molar-refractivity contribution in [1.82, 2.24) is 9.69 Å². The number of anilines is 2. The second-order valence-electron chi connectivity index (χ2n) is 3.83. The van der Waals surface area contributed by atoms with Crippen LogP contribution in [0.15, 0.2) is 24.3 Å². The van der Waals surface area contributed by atoms with Gasteiger partial charge in [0.2, 0.25) is 0 Å². The first-order chi connectivity index (χ1) is 9.11. The Hall–Kier alpha value is -2.15. The Kier molecular flexibility index (Phi) is 3.96. The average molecular weight is 280 g/mol. The van der Waals surface area contributed by atoms with E-state index in [4.69, 9.17) is 5.73 Å². The van der Waals surface area contributed by atoms with Crippen molar-refractivity contribution in [1.29, 1.82) is 0 Å². The van der Waals surface area contributed by atoms with E-state index >= 15 is 0 Å². The first-order valence-electron chi connectivity index (χ1n) is 5.57. The molecule has 0 radical (unpaired) electrons. The van der Waals surface area contributed by atoms with Crippen LogP contribution in [0.2, 0.25) is 0 Å². The van der Waals surface area contributed by atoms with Crippen LogP contribution in [0, 0.1) is 5.82 Å². The van der Waals surface area contributed by atoms with E-state index in [9.17, 15) is 9.18 Å². The van der Waals surface area contributed by atoms with Gasteiger partial charge in [-0.2, -0.15) is 4.37 Å². The number of hydrogen-bond acceptors (Lipinski definition) is 5. The van der Waals surface area contributed by atoms with Gasteiger partial charge in [0.15, 0.2) is 5.82 Å². The summed E-state index contributed by atoms with van der Waals surface area (Å²) < 4.78 is 17.0. The van der Waals surface area contributed by atoms with Crippen molar-refractivity contribution in [2.75, 3.05) is 18.1 Å². The third kappa shape index (κ3) is 3.00. The molecule has 5 nitrogen and oxygen atoms in total. The van der Waals surface area contributed by atoms with Crippen LogP contribution in [0.5, 0.6) is 0 Å². The van der Waals surface area contributed by atoms with Crippen LogP contribution in [-0.4, -0.2) is 17.3 Å². The second-order valence-corrected chi connectivity index (χ2v) is 4.61. The Labute approximate surface area is 113 Å². The van der Waals surface area contributed by atoms with Crippen LogP contribution in [0.1, 0.15) is 15.9 Å². The molecule has 1 aromatic heterocycles. The summed E-state index contributed by atoms with van der Waals surface area (Å²) in [4.78, 5) is 11.7. The van der Waals surface area contributed by atoms with Gasteiger partial charge in [0, 0.05) is 13.6 Å². The van der Waals surface area contributed by atoms with E-state index < -0.39 is 0 Å². The van der Waals surface area contributed by atoms with Crippen molar-refractivity contribution >= 4 is 28.3 Å². The van der Waals surface area contributed by atoms with Gasteiger partial charge in [0.25, 0.3) is 5.91 Å². The van der Waals surface area contributed by atoms with E-state index in [1.165, 1.54) is 19.2 Å². The summed E-state index contributed by atoms with van der Waals surface area (Å²) in [5.74, 6) is -0.409. The molecule has 0 atom stereocenters. The molecule has 1 heterocycles. The summed E-state index contributed by atoms with van der Waals surface area (Å²) in [5, 5.41) is 6.12. The summed E-state index contributed by atoms with van der Waals surface area (Å²) >= 11 is 1.10. The normalized spacial score (nSPS) is 10.2. The second kappa shape index (κ2) is 5.66. The first kappa shape index (κ1) is 13.3. The number of nitrogen functional groups attached to an aromatic ring is 1. The molecule has 1 aromatic carbocycles. The summed E-state index contributed by atoms with van der Waals surface area (Å²) in [5.41, 5.74) is 6.75. The number of halogens is 1. The molecule has 0 fully saturated rings. The van der Waals surface area contributed by atoms with E-state index in [1.807, 2.05) is 0 Å². The maximum atomic E-state index is 13.0. The minimum absolute atomic E-state index is 0.186. The molecular weight excluding hydrogens is 267 g/mol. The van der Waals surface area contributed by atoms with Gasteiger partial charge >= 0.3 is 0 Å². The lowest BCUT2D eigenvalue weighted by atomic mass is 10.2. The Morgan fingerprint density at radius 2 is 2.32 bits per heavy atom. The SMILES string of the molecule is CNC(=O)c1c(N)nsc1NCc1cccc(F)c1. The Bertz CT molecular complexity index is 599. The molecule has 100 valence electrons. The molecule has 2 rings (SSSR count). The molecule has 0 spiro atoms. The molecule has 7 heteroatoms. The molecule has 0 saturated carbocycles. The topological polar surface area (TPSA) is 80.0 Å². The zero-order chi connectivity index (χ0) is 13.8. The van der Waals surface area contributed by atoms with Gasteiger partial charge in [-0.15, -0.1) is 0 Å². The number of nitrogens with zero attached hydrogens (tertiary/aromatic N) is 1. The number of carbonyl (C=O) groups excluding carboxylic acids is 1. The Balaban J connectivity index is 2.14. The van der Waals surface area contributed by atoms with Gasteiger partial charge in [-0.3, -0.25) is 4.79 Å². The lowest BCUT2D eigenvalue weighted by Crippen LogP contribution is -2.20. The number of carbonyl (C=O) groups is 1. The number of nitrogens with two attached hydrogens (primary N) is 1. The predicted molar refractivity (Wildman–Crippen MR) is 73.6 cm³/mol. The fourth-order valence-electron chi connectivity index (χ4n) is 1.60. The van der Waals surface area contributed by atoms with Crippen LogP contribution >= 0.6 is 11.5 Å². The maximum Gasteiger partial charge on any atom is 0.257 e. The predicted octanol–water partition coefficient (Wildman–Crippen LogP) is 1.84. The number of hydrogen-bond donors (Lipinski definition) is 3. The Morgan fingerprint density at radius 1 is 1.53 bits per heavy atom. The standard InChI is InChI=1S/C12H13FN4OS/c1-15-11(18)9-10(14)17-19-12(9)16-6-7-3-2-4-8(13)5-7/h2-5,16H,6H2,1H3,(H2,14,17)(H,15,18). The monoisotopic (exact) mass is 280 g/mol. The highest BCUT2D eigenvalue weighted by molar-refractivity contribution is 7.11. The Morgan fingerprint density at radius 3 is 3.00 bits per heavy atom. The van der Waals surface area contributed by atoms with E-state index in [0.717, 1.165) is 17.1 Å². The highest BCUT2D eigenvalue weighted by Gasteiger charge is 2.17. The molecule has 0 aliphatic rings.